The predicted molar refractivity (Wildman–Crippen MR) is 124 cm³/mol. The van der Waals surface area contributed by atoms with Crippen LogP contribution in [0.5, 0.6) is 5.75 Å². The summed E-state index contributed by atoms with van der Waals surface area (Å²) in [4.78, 5) is 31.3. The zero-order chi connectivity index (χ0) is 23.7. The van der Waals surface area contributed by atoms with Gasteiger partial charge in [-0.05, 0) is 68.5 Å². The highest BCUT2D eigenvalue weighted by molar-refractivity contribution is 6.09. The third kappa shape index (κ3) is 4.61. The van der Waals surface area contributed by atoms with Crippen molar-refractivity contribution in [1.29, 1.82) is 0 Å². The Hall–Kier alpha value is -3.28. The average molecular weight is 450 g/mol. The molecule has 2 aliphatic rings. The molecule has 0 spiro atoms. The monoisotopic (exact) mass is 449 g/mol. The van der Waals surface area contributed by atoms with Gasteiger partial charge in [0, 0.05) is 29.3 Å². The highest BCUT2D eigenvalue weighted by Crippen LogP contribution is 2.47. The Labute approximate surface area is 193 Å². The number of ketones is 1. The van der Waals surface area contributed by atoms with Gasteiger partial charge in [-0.3, -0.25) is 14.6 Å². The van der Waals surface area contributed by atoms with E-state index >= 15 is 0 Å². The fourth-order valence-corrected chi connectivity index (χ4v) is 4.81. The minimum Gasteiger partial charge on any atom is -0.497 e. The van der Waals surface area contributed by atoms with Crippen molar-refractivity contribution in [2.75, 3.05) is 7.11 Å². The molecule has 2 aromatic rings. The maximum Gasteiger partial charge on any atom is 0.315 e. The molecule has 0 saturated heterocycles. The lowest BCUT2D eigenvalue weighted by molar-refractivity contribution is -0.150. The quantitative estimate of drug-likeness (QED) is 0.577. The van der Waals surface area contributed by atoms with Crippen LogP contribution in [0.4, 0.5) is 4.39 Å². The Balaban J connectivity index is 1.76. The van der Waals surface area contributed by atoms with Crippen molar-refractivity contribution < 1.29 is 23.5 Å². The van der Waals surface area contributed by atoms with E-state index in [1.807, 2.05) is 24.3 Å². The molecule has 0 aromatic heterocycles. The lowest BCUT2D eigenvalue weighted by Gasteiger charge is -2.36. The van der Waals surface area contributed by atoms with Gasteiger partial charge < -0.3 is 9.47 Å². The predicted octanol–water partition coefficient (Wildman–Crippen LogP) is 5.36. The summed E-state index contributed by atoms with van der Waals surface area (Å²) >= 11 is 0. The molecule has 0 saturated carbocycles. The smallest absolute Gasteiger partial charge is 0.315 e. The molecule has 33 heavy (non-hydrogen) atoms. The number of ether oxygens (including phenoxy) is 2. The van der Waals surface area contributed by atoms with Crippen molar-refractivity contribution in [3.8, 4) is 5.75 Å². The molecule has 3 unspecified atom stereocenters. The Morgan fingerprint density at radius 2 is 1.67 bits per heavy atom. The van der Waals surface area contributed by atoms with Gasteiger partial charge in [-0.15, -0.1) is 0 Å². The average Bonchev–Trinajstić information content (AvgIpc) is 2.78. The molecule has 0 fully saturated rings. The van der Waals surface area contributed by atoms with E-state index in [1.54, 1.807) is 40.0 Å². The molecule has 4 rings (SSSR count). The number of methoxy groups -OCH3 is 1. The van der Waals surface area contributed by atoms with Gasteiger partial charge in [-0.2, -0.15) is 0 Å². The Morgan fingerprint density at radius 3 is 2.27 bits per heavy atom. The van der Waals surface area contributed by atoms with Crippen molar-refractivity contribution in [3.63, 3.8) is 0 Å². The lowest BCUT2D eigenvalue weighted by atomic mass is 9.69. The second kappa shape index (κ2) is 9.30. The topological polar surface area (TPSA) is 65.0 Å². The largest absolute Gasteiger partial charge is 0.497 e. The van der Waals surface area contributed by atoms with E-state index in [1.165, 1.54) is 12.1 Å². The van der Waals surface area contributed by atoms with Crippen molar-refractivity contribution in [2.45, 2.75) is 51.6 Å². The minimum atomic E-state index is -0.724. The van der Waals surface area contributed by atoms with E-state index in [2.05, 4.69) is 0 Å². The molecule has 1 aliphatic heterocycles. The standard InChI is InChI=1S/C27H28FNO4/c1-15(2)33-27(31)24-16(3)29-22-13-19(17-7-11-21(32-4)12-8-17)14-23(30)26(22)25(24)18-5-9-20(28)10-6-18/h5-12,15,19,24-25H,13-14H2,1-4H3. The summed E-state index contributed by atoms with van der Waals surface area (Å²) in [6, 6.07) is 13.7. The van der Waals surface area contributed by atoms with Gasteiger partial charge in [-0.25, -0.2) is 4.39 Å². The molecule has 172 valence electrons. The van der Waals surface area contributed by atoms with Crippen LogP contribution >= 0.6 is 0 Å². The van der Waals surface area contributed by atoms with Crippen molar-refractivity contribution >= 4 is 17.5 Å². The minimum absolute atomic E-state index is 0.00765. The molecule has 5 nitrogen and oxygen atoms in total. The van der Waals surface area contributed by atoms with Crippen LogP contribution in [0.25, 0.3) is 0 Å². The lowest BCUT2D eigenvalue weighted by Crippen LogP contribution is -2.38. The first-order valence-corrected chi connectivity index (χ1v) is 11.2. The number of hydrogen-bond donors (Lipinski definition) is 0. The molecule has 1 aliphatic carbocycles. The number of esters is 1. The summed E-state index contributed by atoms with van der Waals surface area (Å²) in [5, 5.41) is 0. The van der Waals surface area contributed by atoms with Crippen LogP contribution < -0.4 is 4.74 Å². The molecule has 3 atom stereocenters. The van der Waals surface area contributed by atoms with Gasteiger partial charge in [-0.1, -0.05) is 24.3 Å². The number of aliphatic imine (C=N–C) groups is 1. The first-order chi connectivity index (χ1) is 15.8. The molecule has 6 heteroatoms. The van der Waals surface area contributed by atoms with Crippen LogP contribution in [-0.4, -0.2) is 30.7 Å². The third-order valence-electron chi connectivity index (χ3n) is 6.31. The Morgan fingerprint density at radius 1 is 1.03 bits per heavy atom. The zero-order valence-electron chi connectivity index (χ0n) is 19.3. The van der Waals surface area contributed by atoms with Crippen molar-refractivity contribution in [1.82, 2.24) is 0 Å². The molecule has 0 amide bonds. The van der Waals surface area contributed by atoms with Crippen molar-refractivity contribution in [3.05, 3.63) is 76.7 Å². The molecule has 2 aromatic carbocycles. The van der Waals surface area contributed by atoms with Crippen molar-refractivity contribution in [2.24, 2.45) is 10.9 Å². The third-order valence-corrected chi connectivity index (χ3v) is 6.31. The van der Waals surface area contributed by atoms with E-state index in [4.69, 9.17) is 14.5 Å². The highest BCUT2D eigenvalue weighted by Gasteiger charge is 2.44. The van der Waals surface area contributed by atoms with Gasteiger partial charge in [0.15, 0.2) is 5.78 Å². The SMILES string of the molecule is COc1ccc(C2CC(=O)C3=C(C2)N=C(C)C(C(=O)OC(C)C)C3c2ccc(F)cc2)cc1. The maximum absolute atomic E-state index is 13.7. The molecule has 1 heterocycles. The van der Waals surface area contributed by atoms with E-state index in [0.717, 1.165) is 11.3 Å². The second-order valence-corrected chi connectivity index (χ2v) is 8.91. The van der Waals surface area contributed by atoms with Crippen LogP contribution in [0.2, 0.25) is 0 Å². The summed E-state index contributed by atoms with van der Waals surface area (Å²) in [7, 11) is 1.62. The van der Waals surface area contributed by atoms with Gasteiger partial charge >= 0.3 is 5.97 Å². The van der Waals surface area contributed by atoms with Crippen LogP contribution in [0.15, 0.2) is 64.8 Å². The molecular formula is C27H28FNO4. The first-order valence-electron chi connectivity index (χ1n) is 11.2. The Bertz CT molecular complexity index is 1120. The summed E-state index contributed by atoms with van der Waals surface area (Å²) in [5.41, 5.74) is 3.61. The van der Waals surface area contributed by atoms with E-state index in [0.29, 0.717) is 35.4 Å². The first kappa shape index (κ1) is 22.9. The van der Waals surface area contributed by atoms with E-state index in [9.17, 15) is 14.0 Å². The summed E-state index contributed by atoms with van der Waals surface area (Å²) in [6.07, 6.45) is 0.619. The fourth-order valence-electron chi connectivity index (χ4n) is 4.81. The van der Waals surface area contributed by atoms with Crippen LogP contribution in [0, 0.1) is 11.7 Å². The number of hydrogen-bond acceptors (Lipinski definition) is 5. The highest BCUT2D eigenvalue weighted by atomic mass is 19.1. The van der Waals surface area contributed by atoms with Gasteiger partial charge in [0.25, 0.3) is 0 Å². The number of rotatable bonds is 5. The van der Waals surface area contributed by atoms with E-state index in [-0.39, 0.29) is 23.6 Å². The molecule has 0 radical (unpaired) electrons. The molecular weight excluding hydrogens is 421 g/mol. The number of Topliss-reactive ketones (excluding diaryl/α,β-unsaturated/α-hetero) is 1. The Kier molecular flexibility index (Phi) is 6.45. The number of carbonyl (C=O) groups is 2. The zero-order valence-corrected chi connectivity index (χ0v) is 19.3. The number of allylic oxidation sites excluding steroid dienone is 2. The van der Waals surface area contributed by atoms with E-state index < -0.39 is 17.8 Å². The number of benzene rings is 2. The van der Waals surface area contributed by atoms with Crippen LogP contribution in [0.3, 0.4) is 0 Å². The fraction of sp³-hybridized carbons (Fsp3) is 0.370. The summed E-state index contributed by atoms with van der Waals surface area (Å²) < 4.78 is 24.4. The van der Waals surface area contributed by atoms with Crippen LogP contribution in [0.1, 0.15) is 56.6 Å². The van der Waals surface area contributed by atoms with Crippen LogP contribution in [-0.2, 0) is 14.3 Å². The van der Waals surface area contributed by atoms with Gasteiger partial charge in [0.2, 0.25) is 0 Å². The van der Waals surface area contributed by atoms with Gasteiger partial charge in [0.05, 0.1) is 13.2 Å². The normalized spacial score (nSPS) is 22.7. The second-order valence-electron chi connectivity index (χ2n) is 8.91. The van der Waals surface area contributed by atoms with Gasteiger partial charge in [0.1, 0.15) is 17.5 Å². The number of carbonyl (C=O) groups excluding carboxylic acids is 2. The molecule has 0 N–H and O–H groups in total. The molecule has 0 bridgehead atoms. The number of nitrogens with zero attached hydrogens (tertiary/aromatic N) is 1. The maximum atomic E-state index is 13.7. The summed E-state index contributed by atoms with van der Waals surface area (Å²) in [5.74, 6) is -1.35. The summed E-state index contributed by atoms with van der Waals surface area (Å²) in [6.45, 7) is 5.38. The number of halogens is 1.